The maximum atomic E-state index is 13.9. The van der Waals surface area contributed by atoms with E-state index < -0.39 is 5.41 Å². The van der Waals surface area contributed by atoms with Gasteiger partial charge >= 0.3 is 0 Å². The number of rotatable bonds is 5. The third kappa shape index (κ3) is 5.00. The molecule has 1 aromatic heterocycles. The summed E-state index contributed by atoms with van der Waals surface area (Å²) in [7, 11) is 0. The first kappa shape index (κ1) is 23.0. The number of ether oxygens (including phenoxy) is 1. The molecule has 0 spiro atoms. The zero-order valence-corrected chi connectivity index (χ0v) is 19.7. The van der Waals surface area contributed by atoms with Crippen LogP contribution in [-0.2, 0) is 22.4 Å². The first-order valence-electron chi connectivity index (χ1n) is 12.6. The molecule has 5 rings (SSSR count). The van der Waals surface area contributed by atoms with Gasteiger partial charge < -0.3 is 9.64 Å². The number of pyridine rings is 1. The van der Waals surface area contributed by atoms with E-state index in [1.807, 2.05) is 24.5 Å². The minimum atomic E-state index is -0.446. The Balaban J connectivity index is 1.28. The average molecular weight is 461 g/mol. The molecule has 1 atom stereocenters. The van der Waals surface area contributed by atoms with Crippen molar-refractivity contribution < 1.29 is 13.9 Å². The number of carbonyl (C=O) groups is 1. The summed E-state index contributed by atoms with van der Waals surface area (Å²) in [4.78, 5) is 20.3. The molecule has 0 N–H and O–H groups in total. The van der Waals surface area contributed by atoms with Gasteiger partial charge in [-0.15, -0.1) is 0 Å². The Morgan fingerprint density at radius 2 is 1.88 bits per heavy atom. The van der Waals surface area contributed by atoms with Gasteiger partial charge in [0.1, 0.15) is 5.82 Å². The Bertz CT molecular complexity index is 1120. The summed E-state index contributed by atoms with van der Waals surface area (Å²) < 4.78 is 19.1. The standard InChI is InChI=1S/C29H33FN2O2/c30-26-8-6-23(7-9-26)20-29(12-17-34-18-13-29)28(33)32-15-2-3-22(11-16-32)19-24-4-1-5-25-21-31-14-10-27(24)25/h1,4-10,14,21-22H,2-3,11-13,15-20H2. The van der Waals surface area contributed by atoms with Crippen LogP contribution in [0, 0.1) is 17.2 Å². The molecule has 0 bridgehead atoms. The number of halogens is 1. The Hall–Kier alpha value is -2.79. The molecular formula is C29H33FN2O2. The van der Waals surface area contributed by atoms with Crippen molar-refractivity contribution in [3.63, 3.8) is 0 Å². The molecule has 0 aliphatic carbocycles. The molecule has 1 unspecified atom stereocenters. The van der Waals surface area contributed by atoms with Crippen molar-refractivity contribution in [1.82, 2.24) is 9.88 Å². The van der Waals surface area contributed by atoms with E-state index in [0.717, 1.165) is 57.2 Å². The van der Waals surface area contributed by atoms with E-state index in [2.05, 4.69) is 34.1 Å². The van der Waals surface area contributed by atoms with Crippen molar-refractivity contribution in [3.05, 3.63) is 77.9 Å². The molecule has 2 aliphatic rings. The van der Waals surface area contributed by atoms with Crippen molar-refractivity contribution in [2.24, 2.45) is 11.3 Å². The predicted molar refractivity (Wildman–Crippen MR) is 132 cm³/mol. The summed E-state index contributed by atoms with van der Waals surface area (Å²) in [5.74, 6) is 0.591. The minimum Gasteiger partial charge on any atom is -0.381 e. The quantitative estimate of drug-likeness (QED) is 0.499. The van der Waals surface area contributed by atoms with Crippen LogP contribution >= 0.6 is 0 Å². The number of aromatic nitrogens is 1. The molecule has 2 aromatic carbocycles. The highest BCUT2D eigenvalue weighted by Crippen LogP contribution is 2.38. The summed E-state index contributed by atoms with van der Waals surface area (Å²) in [6.45, 7) is 2.85. The fourth-order valence-corrected chi connectivity index (χ4v) is 5.81. The van der Waals surface area contributed by atoms with Crippen LogP contribution in [0.4, 0.5) is 4.39 Å². The second-order valence-electron chi connectivity index (χ2n) is 10.0. The summed E-state index contributed by atoms with van der Waals surface area (Å²) >= 11 is 0. The molecule has 5 heteroatoms. The van der Waals surface area contributed by atoms with Gasteiger partial charge in [0.25, 0.3) is 0 Å². The van der Waals surface area contributed by atoms with Gasteiger partial charge in [-0.1, -0.05) is 30.3 Å². The van der Waals surface area contributed by atoms with Gasteiger partial charge in [-0.25, -0.2) is 4.39 Å². The number of hydrogen-bond acceptors (Lipinski definition) is 3. The maximum absolute atomic E-state index is 13.9. The lowest BCUT2D eigenvalue weighted by Gasteiger charge is -2.40. The fraction of sp³-hybridized carbons (Fsp3) is 0.448. The number of likely N-dealkylation sites (tertiary alicyclic amines) is 1. The second-order valence-corrected chi connectivity index (χ2v) is 10.0. The smallest absolute Gasteiger partial charge is 0.229 e. The molecule has 178 valence electrons. The SMILES string of the molecule is O=C(N1CCCC(Cc2cccc3cnccc23)CC1)C1(Cc2ccc(F)cc2)CCOCC1. The van der Waals surface area contributed by atoms with E-state index in [1.165, 1.54) is 28.5 Å². The lowest BCUT2D eigenvalue weighted by molar-refractivity contribution is -0.148. The molecule has 1 amide bonds. The van der Waals surface area contributed by atoms with E-state index in [0.29, 0.717) is 25.6 Å². The van der Waals surface area contributed by atoms with Crippen LogP contribution in [-0.4, -0.2) is 42.1 Å². The summed E-state index contributed by atoms with van der Waals surface area (Å²) in [6.07, 6.45) is 10.1. The number of hydrogen-bond donors (Lipinski definition) is 0. The van der Waals surface area contributed by atoms with Crippen LogP contribution in [0.25, 0.3) is 10.8 Å². The van der Waals surface area contributed by atoms with Crippen LogP contribution in [0.3, 0.4) is 0 Å². The zero-order chi connectivity index (χ0) is 23.4. The largest absolute Gasteiger partial charge is 0.381 e. The zero-order valence-electron chi connectivity index (χ0n) is 19.7. The van der Waals surface area contributed by atoms with Gasteiger partial charge in [-0.3, -0.25) is 9.78 Å². The van der Waals surface area contributed by atoms with Crippen molar-refractivity contribution in [1.29, 1.82) is 0 Å². The highest BCUT2D eigenvalue weighted by molar-refractivity contribution is 5.85. The van der Waals surface area contributed by atoms with Crippen LogP contribution in [0.1, 0.15) is 43.2 Å². The van der Waals surface area contributed by atoms with E-state index in [-0.39, 0.29) is 11.7 Å². The summed E-state index contributed by atoms with van der Waals surface area (Å²) in [5.41, 5.74) is 1.95. The second kappa shape index (κ2) is 10.2. The Morgan fingerprint density at radius 1 is 1.06 bits per heavy atom. The first-order valence-corrected chi connectivity index (χ1v) is 12.6. The highest BCUT2D eigenvalue weighted by atomic mass is 19.1. The average Bonchev–Trinajstić information content (AvgIpc) is 3.11. The maximum Gasteiger partial charge on any atom is 0.229 e. The Kier molecular flexibility index (Phi) is 6.91. The van der Waals surface area contributed by atoms with E-state index >= 15 is 0 Å². The molecule has 0 radical (unpaired) electrons. The molecule has 4 nitrogen and oxygen atoms in total. The molecule has 2 aliphatic heterocycles. The monoisotopic (exact) mass is 460 g/mol. The number of nitrogens with zero attached hydrogens (tertiary/aromatic N) is 2. The third-order valence-electron chi connectivity index (χ3n) is 7.77. The molecular weight excluding hydrogens is 427 g/mol. The molecule has 2 fully saturated rings. The van der Waals surface area contributed by atoms with Crippen LogP contribution in [0.2, 0.25) is 0 Å². The molecule has 3 heterocycles. The van der Waals surface area contributed by atoms with Crippen molar-refractivity contribution in [2.75, 3.05) is 26.3 Å². The molecule has 0 saturated carbocycles. The first-order chi connectivity index (χ1) is 16.6. The summed E-state index contributed by atoms with van der Waals surface area (Å²) in [6, 6.07) is 15.2. The fourth-order valence-electron chi connectivity index (χ4n) is 5.81. The van der Waals surface area contributed by atoms with E-state index in [4.69, 9.17) is 4.74 Å². The number of amides is 1. The molecule has 34 heavy (non-hydrogen) atoms. The topological polar surface area (TPSA) is 42.4 Å². The lowest BCUT2D eigenvalue weighted by atomic mass is 9.74. The third-order valence-corrected chi connectivity index (χ3v) is 7.77. The molecule has 3 aromatic rings. The Labute approximate surface area is 201 Å². The van der Waals surface area contributed by atoms with Crippen LogP contribution in [0.5, 0.6) is 0 Å². The van der Waals surface area contributed by atoms with Gasteiger partial charge in [0.05, 0.1) is 5.41 Å². The van der Waals surface area contributed by atoms with Gasteiger partial charge in [-0.05, 0) is 85.6 Å². The van der Waals surface area contributed by atoms with Crippen molar-refractivity contribution in [3.8, 4) is 0 Å². The van der Waals surface area contributed by atoms with Gasteiger partial charge in [0.15, 0.2) is 0 Å². The van der Waals surface area contributed by atoms with Gasteiger partial charge in [0.2, 0.25) is 5.91 Å². The minimum absolute atomic E-state index is 0.239. The van der Waals surface area contributed by atoms with Crippen LogP contribution in [0.15, 0.2) is 60.9 Å². The summed E-state index contributed by atoms with van der Waals surface area (Å²) in [5, 5.41) is 2.47. The van der Waals surface area contributed by atoms with Gasteiger partial charge in [0, 0.05) is 44.1 Å². The predicted octanol–water partition coefficient (Wildman–Crippen LogP) is 5.58. The van der Waals surface area contributed by atoms with E-state index in [9.17, 15) is 9.18 Å². The number of carbonyl (C=O) groups excluding carboxylic acids is 1. The number of benzene rings is 2. The normalized spacial score (nSPS) is 20.7. The lowest BCUT2D eigenvalue weighted by Crippen LogP contribution is -2.48. The van der Waals surface area contributed by atoms with Crippen molar-refractivity contribution >= 4 is 16.7 Å². The van der Waals surface area contributed by atoms with Crippen LogP contribution < -0.4 is 0 Å². The Morgan fingerprint density at radius 3 is 2.71 bits per heavy atom. The van der Waals surface area contributed by atoms with E-state index in [1.54, 1.807) is 0 Å². The van der Waals surface area contributed by atoms with Gasteiger partial charge in [-0.2, -0.15) is 0 Å². The molecule has 2 saturated heterocycles. The highest BCUT2D eigenvalue weighted by Gasteiger charge is 2.42. The van der Waals surface area contributed by atoms with Crippen molar-refractivity contribution in [2.45, 2.75) is 44.9 Å². The number of fused-ring (bicyclic) bond motifs is 1.